The van der Waals surface area contributed by atoms with Crippen LogP contribution in [0.1, 0.15) is 17.9 Å². The highest BCUT2D eigenvalue weighted by Gasteiger charge is 2.21. The van der Waals surface area contributed by atoms with E-state index in [1.807, 2.05) is 6.07 Å². The van der Waals surface area contributed by atoms with E-state index in [9.17, 15) is 9.18 Å². The summed E-state index contributed by atoms with van der Waals surface area (Å²) in [5.74, 6) is -0.0362. The fourth-order valence-corrected chi connectivity index (χ4v) is 2.67. The molecule has 0 aliphatic carbocycles. The number of benzene rings is 1. The molecule has 1 atom stereocenters. The lowest BCUT2D eigenvalue weighted by atomic mass is 9.98. The van der Waals surface area contributed by atoms with Crippen LogP contribution in [-0.4, -0.2) is 17.7 Å². The largest absolute Gasteiger partial charge is 0.316 e. The Bertz CT molecular complexity index is 657. The second kappa shape index (κ2) is 4.21. The normalized spacial score (nSPS) is 19.6. The molecule has 0 amide bonds. The molecule has 2 heterocycles. The van der Waals surface area contributed by atoms with Gasteiger partial charge in [-0.3, -0.25) is 4.79 Å². The van der Waals surface area contributed by atoms with Crippen LogP contribution in [0.4, 0.5) is 4.39 Å². The molecule has 0 spiro atoms. The quantitative estimate of drug-likeness (QED) is 0.832. The Hall–Kier alpha value is -1.68. The average Bonchev–Trinajstić information content (AvgIpc) is 2.88. The van der Waals surface area contributed by atoms with Crippen molar-refractivity contribution in [1.29, 1.82) is 0 Å². The number of aryl methyl sites for hydroxylation is 1. The van der Waals surface area contributed by atoms with E-state index in [0.29, 0.717) is 5.52 Å². The summed E-state index contributed by atoms with van der Waals surface area (Å²) in [7, 11) is 1.70. The minimum Gasteiger partial charge on any atom is -0.316 e. The van der Waals surface area contributed by atoms with Crippen LogP contribution in [0.5, 0.6) is 0 Å². The van der Waals surface area contributed by atoms with Gasteiger partial charge in [0.2, 0.25) is 0 Å². The lowest BCUT2D eigenvalue weighted by Crippen LogP contribution is -2.24. The number of hydrogen-bond acceptors (Lipinski definition) is 2. The number of nitrogens with zero attached hydrogens (tertiary/aromatic N) is 1. The Kier molecular flexibility index (Phi) is 2.67. The zero-order chi connectivity index (χ0) is 12.7. The molecular formula is C14H15FN2O. The van der Waals surface area contributed by atoms with E-state index in [4.69, 9.17) is 0 Å². The van der Waals surface area contributed by atoms with Crippen LogP contribution in [0.25, 0.3) is 10.9 Å². The van der Waals surface area contributed by atoms with Gasteiger partial charge in [-0.05, 0) is 42.6 Å². The number of nitrogens with one attached hydrogen (secondary N) is 1. The molecule has 3 rings (SSSR count). The molecule has 0 radical (unpaired) electrons. The second-order valence-electron chi connectivity index (χ2n) is 4.86. The molecular weight excluding hydrogens is 231 g/mol. The first-order valence-electron chi connectivity index (χ1n) is 6.17. The maximum Gasteiger partial charge on any atom is 0.254 e. The summed E-state index contributed by atoms with van der Waals surface area (Å²) in [5.41, 5.74) is 1.47. The molecule has 4 heteroatoms. The summed E-state index contributed by atoms with van der Waals surface area (Å²) in [4.78, 5) is 12.3. The van der Waals surface area contributed by atoms with Gasteiger partial charge < -0.3 is 9.88 Å². The Balaban J connectivity index is 2.25. The molecule has 1 unspecified atom stereocenters. The number of hydrogen-bond donors (Lipinski definition) is 1. The molecule has 1 aliphatic rings. The molecule has 1 fully saturated rings. The number of aromatic nitrogens is 1. The first-order valence-corrected chi connectivity index (χ1v) is 6.17. The van der Waals surface area contributed by atoms with Crippen molar-refractivity contribution in [3.63, 3.8) is 0 Å². The number of pyridine rings is 1. The van der Waals surface area contributed by atoms with Gasteiger partial charge in [0.15, 0.2) is 0 Å². The standard InChI is InChI=1S/C14H15FN2O/c1-17-13-7-11(15)3-2-9(13)6-12(14(17)18)10-4-5-16-8-10/h2-3,6-7,10,16H,4-5,8H2,1H3. The fourth-order valence-electron chi connectivity index (χ4n) is 2.67. The number of fused-ring (bicyclic) bond motifs is 1. The van der Waals surface area contributed by atoms with Crippen LogP contribution in [0.2, 0.25) is 0 Å². The highest BCUT2D eigenvalue weighted by atomic mass is 19.1. The van der Waals surface area contributed by atoms with Gasteiger partial charge in [0.25, 0.3) is 5.56 Å². The monoisotopic (exact) mass is 246 g/mol. The summed E-state index contributed by atoms with van der Waals surface area (Å²) >= 11 is 0. The van der Waals surface area contributed by atoms with Crippen LogP contribution in [-0.2, 0) is 7.05 Å². The lowest BCUT2D eigenvalue weighted by Gasteiger charge is -2.12. The molecule has 1 N–H and O–H groups in total. The third-order valence-electron chi connectivity index (χ3n) is 3.72. The van der Waals surface area contributed by atoms with Crippen molar-refractivity contribution >= 4 is 10.9 Å². The maximum absolute atomic E-state index is 13.2. The van der Waals surface area contributed by atoms with E-state index < -0.39 is 0 Å². The van der Waals surface area contributed by atoms with Crippen molar-refractivity contribution in [3.05, 3.63) is 46.0 Å². The summed E-state index contributed by atoms with van der Waals surface area (Å²) in [6, 6.07) is 6.49. The fraction of sp³-hybridized carbons (Fsp3) is 0.357. The van der Waals surface area contributed by atoms with Crippen LogP contribution in [0.3, 0.4) is 0 Å². The van der Waals surface area contributed by atoms with E-state index in [-0.39, 0.29) is 17.3 Å². The molecule has 18 heavy (non-hydrogen) atoms. The smallest absolute Gasteiger partial charge is 0.254 e. The van der Waals surface area contributed by atoms with E-state index in [1.54, 1.807) is 17.7 Å². The third kappa shape index (κ3) is 1.73. The molecule has 1 saturated heterocycles. The molecule has 2 aromatic rings. The van der Waals surface area contributed by atoms with Crippen molar-refractivity contribution < 1.29 is 4.39 Å². The van der Waals surface area contributed by atoms with Gasteiger partial charge in [0, 0.05) is 25.1 Å². The highest BCUT2D eigenvalue weighted by molar-refractivity contribution is 5.79. The van der Waals surface area contributed by atoms with Gasteiger partial charge in [0.05, 0.1) is 5.52 Å². The van der Waals surface area contributed by atoms with E-state index >= 15 is 0 Å². The summed E-state index contributed by atoms with van der Waals surface area (Å²) < 4.78 is 14.8. The van der Waals surface area contributed by atoms with E-state index in [1.165, 1.54) is 12.1 Å². The second-order valence-corrected chi connectivity index (χ2v) is 4.86. The van der Waals surface area contributed by atoms with Crippen molar-refractivity contribution in [3.8, 4) is 0 Å². The molecule has 0 saturated carbocycles. The predicted octanol–water partition coefficient (Wildman–Crippen LogP) is 1.75. The Morgan fingerprint density at radius 3 is 2.94 bits per heavy atom. The van der Waals surface area contributed by atoms with Crippen molar-refractivity contribution in [2.75, 3.05) is 13.1 Å². The minimum absolute atomic E-state index is 0.0122. The van der Waals surface area contributed by atoms with E-state index in [0.717, 1.165) is 30.5 Å². The molecule has 94 valence electrons. The van der Waals surface area contributed by atoms with Crippen molar-refractivity contribution in [2.24, 2.45) is 7.05 Å². The van der Waals surface area contributed by atoms with Crippen LogP contribution in [0.15, 0.2) is 29.1 Å². The summed E-state index contributed by atoms with van der Waals surface area (Å²) in [5, 5.41) is 4.18. The minimum atomic E-state index is -0.312. The third-order valence-corrected chi connectivity index (χ3v) is 3.72. The highest BCUT2D eigenvalue weighted by Crippen LogP contribution is 2.23. The van der Waals surface area contributed by atoms with Crippen LogP contribution >= 0.6 is 0 Å². The average molecular weight is 246 g/mol. The molecule has 3 nitrogen and oxygen atoms in total. The van der Waals surface area contributed by atoms with Gasteiger partial charge in [-0.25, -0.2) is 4.39 Å². The number of rotatable bonds is 1. The van der Waals surface area contributed by atoms with Gasteiger partial charge in [-0.15, -0.1) is 0 Å². The van der Waals surface area contributed by atoms with Crippen LogP contribution in [0, 0.1) is 5.82 Å². The number of halogens is 1. The Morgan fingerprint density at radius 2 is 2.22 bits per heavy atom. The zero-order valence-electron chi connectivity index (χ0n) is 10.2. The molecule has 1 aromatic carbocycles. The first kappa shape index (κ1) is 11.4. The van der Waals surface area contributed by atoms with Gasteiger partial charge >= 0.3 is 0 Å². The van der Waals surface area contributed by atoms with Crippen LogP contribution < -0.4 is 10.9 Å². The Labute approximate surface area is 104 Å². The molecule has 0 bridgehead atoms. The molecule has 1 aliphatic heterocycles. The first-order chi connectivity index (χ1) is 8.66. The lowest BCUT2D eigenvalue weighted by molar-refractivity contribution is 0.628. The topological polar surface area (TPSA) is 34.0 Å². The SMILES string of the molecule is Cn1c(=O)c(C2CCNC2)cc2ccc(F)cc21. The van der Waals surface area contributed by atoms with Crippen molar-refractivity contribution in [2.45, 2.75) is 12.3 Å². The van der Waals surface area contributed by atoms with Gasteiger partial charge in [-0.2, -0.15) is 0 Å². The zero-order valence-corrected chi connectivity index (χ0v) is 10.2. The van der Waals surface area contributed by atoms with Gasteiger partial charge in [-0.1, -0.05) is 0 Å². The summed E-state index contributed by atoms with van der Waals surface area (Å²) in [6.07, 6.45) is 0.988. The van der Waals surface area contributed by atoms with Gasteiger partial charge in [0.1, 0.15) is 5.82 Å². The Morgan fingerprint density at radius 1 is 1.39 bits per heavy atom. The maximum atomic E-state index is 13.2. The predicted molar refractivity (Wildman–Crippen MR) is 69.4 cm³/mol. The van der Waals surface area contributed by atoms with E-state index in [2.05, 4.69) is 5.32 Å². The summed E-state index contributed by atoms with van der Waals surface area (Å²) in [6.45, 7) is 1.80. The van der Waals surface area contributed by atoms with Crippen molar-refractivity contribution in [1.82, 2.24) is 9.88 Å². The molecule has 1 aromatic heterocycles.